The van der Waals surface area contributed by atoms with Crippen LogP contribution in [0.5, 0.6) is 0 Å². The highest BCUT2D eigenvalue weighted by atomic mass is 35.5. The van der Waals surface area contributed by atoms with Gasteiger partial charge in [-0.2, -0.15) is 0 Å². The molecule has 2 unspecified atom stereocenters. The van der Waals surface area contributed by atoms with E-state index in [-0.39, 0.29) is 18.3 Å². The van der Waals surface area contributed by atoms with E-state index in [9.17, 15) is 4.79 Å². The Hall–Kier alpha value is -0.280. The van der Waals surface area contributed by atoms with Crippen molar-refractivity contribution in [3.05, 3.63) is 0 Å². The summed E-state index contributed by atoms with van der Waals surface area (Å²) in [6.45, 7) is 8.34. The molecule has 0 bridgehead atoms. The van der Waals surface area contributed by atoms with E-state index in [2.05, 4.69) is 17.1 Å². The van der Waals surface area contributed by atoms with Crippen LogP contribution in [0.25, 0.3) is 0 Å². The van der Waals surface area contributed by atoms with Crippen molar-refractivity contribution in [3.63, 3.8) is 0 Å². The van der Waals surface area contributed by atoms with Gasteiger partial charge in [-0.3, -0.25) is 4.79 Å². The largest absolute Gasteiger partial charge is 0.342 e. The summed E-state index contributed by atoms with van der Waals surface area (Å²) < 4.78 is 0. The number of halogens is 1. The molecular formula is C12H23ClN2O. The van der Waals surface area contributed by atoms with E-state index in [0.717, 1.165) is 32.6 Å². The SMILES string of the molecule is CCC(C)C(=O)N1CCC2(CCNC2)C1.Cl. The van der Waals surface area contributed by atoms with Crippen LogP contribution in [0.4, 0.5) is 0 Å². The fourth-order valence-corrected chi connectivity index (χ4v) is 2.75. The van der Waals surface area contributed by atoms with E-state index in [1.807, 2.05) is 6.92 Å². The molecule has 94 valence electrons. The Kier molecular flexibility index (Phi) is 4.62. The van der Waals surface area contributed by atoms with E-state index in [1.54, 1.807) is 0 Å². The van der Waals surface area contributed by atoms with E-state index in [1.165, 1.54) is 12.8 Å². The highest BCUT2D eigenvalue weighted by molar-refractivity contribution is 5.85. The Morgan fingerprint density at radius 1 is 1.50 bits per heavy atom. The molecule has 0 saturated carbocycles. The molecule has 2 saturated heterocycles. The minimum atomic E-state index is 0. The van der Waals surface area contributed by atoms with Crippen LogP contribution >= 0.6 is 12.4 Å². The van der Waals surface area contributed by atoms with Crippen LogP contribution < -0.4 is 5.32 Å². The van der Waals surface area contributed by atoms with Gasteiger partial charge in [0.15, 0.2) is 0 Å². The third-order valence-corrected chi connectivity index (χ3v) is 4.12. The molecule has 2 heterocycles. The van der Waals surface area contributed by atoms with Gasteiger partial charge in [0, 0.05) is 31.0 Å². The monoisotopic (exact) mass is 246 g/mol. The number of nitrogens with zero attached hydrogens (tertiary/aromatic N) is 1. The van der Waals surface area contributed by atoms with Crippen LogP contribution in [0.2, 0.25) is 0 Å². The van der Waals surface area contributed by atoms with Gasteiger partial charge in [0.25, 0.3) is 0 Å². The molecule has 2 aliphatic rings. The second-order valence-corrected chi connectivity index (χ2v) is 5.25. The topological polar surface area (TPSA) is 32.3 Å². The quantitative estimate of drug-likeness (QED) is 0.804. The fourth-order valence-electron chi connectivity index (χ4n) is 2.75. The Labute approximate surface area is 104 Å². The Morgan fingerprint density at radius 2 is 2.25 bits per heavy atom. The van der Waals surface area contributed by atoms with E-state index in [0.29, 0.717) is 11.3 Å². The molecule has 0 aromatic heterocycles. The first-order chi connectivity index (χ1) is 7.17. The summed E-state index contributed by atoms with van der Waals surface area (Å²) in [5.41, 5.74) is 0.420. The van der Waals surface area contributed by atoms with Gasteiger partial charge in [-0.05, 0) is 25.8 Å². The maximum atomic E-state index is 12.0. The smallest absolute Gasteiger partial charge is 0.225 e. The lowest BCUT2D eigenvalue weighted by Gasteiger charge is -2.24. The van der Waals surface area contributed by atoms with Crippen LogP contribution in [0.1, 0.15) is 33.1 Å². The van der Waals surface area contributed by atoms with Gasteiger partial charge in [0.1, 0.15) is 0 Å². The van der Waals surface area contributed by atoms with Crippen molar-refractivity contribution in [1.82, 2.24) is 10.2 Å². The van der Waals surface area contributed by atoms with Crippen LogP contribution in [0.3, 0.4) is 0 Å². The minimum Gasteiger partial charge on any atom is -0.342 e. The molecule has 0 radical (unpaired) electrons. The number of carbonyl (C=O) groups is 1. The van der Waals surface area contributed by atoms with Crippen molar-refractivity contribution < 1.29 is 4.79 Å². The third-order valence-electron chi connectivity index (χ3n) is 4.12. The van der Waals surface area contributed by atoms with Crippen molar-refractivity contribution in [3.8, 4) is 0 Å². The lowest BCUT2D eigenvalue weighted by atomic mass is 9.86. The molecule has 16 heavy (non-hydrogen) atoms. The van der Waals surface area contributed by atoms with Crippen LogP contribution in [0.15, 0.2) is 0 Å². The summed E-state index contributed by atoms with van der Waals surface area (Å²) in [7, 11) is 0. The van der Waals surface area contributed by atoms with Crippen LogP contribution in [-0.2, 0) is 4.79 Å². The Morgan fingerprint density at radius 3 is 2.81 bits per heavy atom. The molecule has 4 heteroatoms. The van der Waals surface area contributed by atoms with Crippen LogP contribution in [-0.4, -0.2) is 37.0 Å². The zero-order valence-corrected chi connectivity index (χ0v) is 11.1. The van der Waals surface area contributed by atoms with Gasteiger partial charge >= 0.3 is 0 Å². The van der Waals surface area contributed by atoms with Crippen LogP contribution in [0, 0.1) is 11.3 Å². The zero-order chi connectivity index (χ0) is 10.9. The average Bonchev–Trinajstić information content (AvgIpc) is 2.88. The number of hydrogen-bond acceptors (Lipinski definition) is 2. The van der Waals surface area contributed by atoms with E-state index < -0.39 is 0 Å². The van der Waals surface area contributed by atoms with Crippen molar-refractivity contribution >= 4 is 18.3 Å². The van der Waals surface area contributed by atoms with E-state index >= 15 is 0 Å². The van der Waals surface area contributed by atoms with Crippen molar-refractivity contribution in [2.45, 2.75) is 33.1 Å². The normalized spacial score (nSPS) is 30.5. The Bertz CT molecular complexity index is 251. The molecule has 2 fully saturated rings. The predicted molar refractivity (Wildman–Crippen MR) is 67.8 cm³/mol. The first-order valence-electron chi connectivity index (χ1n) is 6.16. The first-order valence-corrected chi connectivity index (χ1v) is 6.16. The number of hydrogen-bond donors (Lipinski definition) is 1. The number of amides is 1. The van der Waals surface area contributed by atoms with Crippen molar-refractivity contribution in [2.75, 3.05) is 26.2 Å². The summed E-state index contributed by atoms with van der Waals surface area (Å²) in [5, 5.41) is 3.42. The predicted octanol–water partition coefficient (Wildman–Crippen LogP) is 1.67. The summed E-state index contributed by atoms with van der Waals surface area (Å²) in [5.74, 6) is 0.566. The Balaban J connectivity index is 0.00000128. The second kappa shape index (κ2) is 5.37. The summed E-state index contributed by atoms with van der Waals surface area (Å²) >= 11 is 0. The third kappa shape index (κ3) is 2.51. The maximum Gasteiger partial charge on any atom is 0.225 e. The molecule has 3 nitrogen and oxygen atoms in total. The zero-order valence-electron chi connectivity index (χ0n) is 10.3. The molecular weight excluding hydrogens is 224 g/mol. The number of nitrogens with one attached hydrogen (secondary N) is 1. The highest BCUT2D eigenvalue weighted by Gasteiger charge is 2.42. The summed E-state index contributed by atoms with van der Waals surface area (Å²) in [6.07, 6.45) is 3.40. The lowest BCUT2D eigenvalue weighted by molar-refractivity contribution is -0.134. The molecule has 2 rings (SSSR count). The average molecular weight is 247 g/mol. The van der Waals surface area contributed by atoms with E-state index in [4.69, 9.17) is 0 Å². The molecule has 2 atom stereocenters. The second-order valence-electron chi connectivity index (χ2n) is 5.25. The number of rotatable bonds is 2. The van der Waals surface area contributed by atoms with Gasteiger partial charge in [0.05, 0.1) is 0 Å². The summed E-state index contributed by atoms with van der Waals surface area (Å²) in [6, 6.07) is 0. The molecule has 1 N–H and O–H groups in total. The van der Waals surface area contributed by atoms with Crippen molar-refractivity contribution in [2.24, 2.45) is 11.3 Å². The molecule has 0 aromatic carbocycles. The first kappa shape index (κ1) is 13.8. The standard InChI is InChI=1S/C12H22N2O.ClH/c1-3-10(2)11(15)14-7-5-12(9-14)4-6-13-8-12;/h10,13H,3-9H2,1-2H3;1H. The molecule has 1 spiro atoms. The lowest BCUT2D eigenvalue weighted by Crippen LogP contribution is -2.36. The molecule has 0 aromatic rings. The maximum absolute atomic E-state index is 12.0. The molecule has 1 amide bonds. The van der Waals surface area contributed by atoms with Gasteiger partial charge in [-0.25, -0.2) is 0 Å². The molecule has 0 aliphatic carbocycles. The fraction of sp³-hybridized carbons (Fsp3) is 0.917. The number of likely N-dealkylation sites (tertiary alicyclic amines) is 1. The summed E-state index contributed by atoms with van der Waals surface area (Å²) in [4.78, 5) is 14.1. The minimum absolute atomic E-state index is 0. The number of carbonyl (C=O) groups excluding carboxylic acids is 1. The highest BCUT2D eigenvalue weighted by Crippen LogP contribution is 2.36. The van der Waals surface area contributed by atoms with Gasteiger partial charge in [-0.1, -0.05) is 13.8 Å². The van der Waals surface area contributed by atoms with Gasteiger partial charge in [-0.15, -0.1) is 12.4 Å². The van der Waals surface area contributed by atoms with Gasteiger partial charge in [0.2, 0.25) is 5.91 Å². The molecule has 2 aliphatic heterocycles. The van der Waals surface area contributed by atoms with Crippen molar-refractivity contribution in [1.29, 1.82) is 0 Å². The van der Waals surface area contributed by atoms with Gasteiger partial charge < -0.3 is 10.2 Å².